The van der Waals surface area contributed by atoms with Gasteiger partial charge < -0.3 is 5.11 Å². The molecule has 2 rings (SSSR count). The molecule has 0 aliphatic carbocycles. The van der Waals surface area contributed by atoms with Crippen LogP contribution in [-0.4, -0.2) is 11.3 Å². The summed E-state index contributed by atoms with van der Waals surface area (Å²) in [5, 5.41) is 10.2. The maximum absolute atomic E-state index is 13.5. The molecule has 0 radical (unpaired) electrons. The molecule has 0 bridgehead atoms. The van der Waals surface area contributed by atoms with Gasteiger partial charge in [-0.1, -0.05) is 30.3 Å². The van der Waals surface area contributed by atoms with Crippen LogP contribution in [0.4, 0.5) is 39.5 Å². The van der Waals surface area contributed by atoms with Gasteiger partial charge in [-0.3, -0.25) is 0 Å². The number of hydrogen-bond acceptors (Lipinski definition) is 1. The normalized spacial score (nSPS) is 15.6. The Morgan fingerprint density at radius 1 is 0.538 bits per heavy atom. The molecule has 1 unspecified atom stereocenters. The highest BCUT2D eigenvalue weighted by atomic mass is 19.4. The van der Waals surface area contributed by atoms with Crippen molar-refractivity contribution in [1.29, 1.82) is 0 Å². The number of benzene rings is 2. The van der Waals surface area contributed by atoms with Crippen molar-refractivity contribution >= 4 is 0 Å². The van der Waals surface area contributed by atoms with Crippen LogP contribution in [-0.2, 0) is 18.0 Å². The van der Waals surface area contributed by atoms with Gasteiger partial charge in [-0.05, 0) is 23.8 Å². The van der Waals surface area contributed by atoms with E-state index in [1.54, 1.807) is 0 Å². The predicted octanol–water partition coefficient (Wildman–Crippen LogP) is 5.52. The Morgan fingerprint density at radius 2 is 0.962 bits per heavy atom. The minimum absolute atomic E-state index is 0.252. The molecular formula is C16H9F9O. The van der Waals surface area contributed by atoms with Gasteiger partial charge in [0.25, 0.3) is 0 Å². The molecule has 1 nitrogen and oxygen atoms in total. The van der Waals surface area contributed by atoms with Crippen LogP contribution in [0.5, 0.6) is 0 Å². The van der Waals surface area contributed by atoms with Crippen LogP contribution in [0.15, 0.2) is 48.5 Å². The van der Waals surface area contributed by atoms with Crippen molar-refractivity contribution in [1.82, 2.24) is 0 Å². The smallest absolute Gasteiger partial charge is 0.372 e. The number of halogens is 9. The molecular weight excluding hydrogens is 379 g/mol. The zero-order valence-electron chi connectivity index (χ0n) is 12.5. The third-order valence-electron chi connectivity index (χ3n) is 3.66. The molecule has 0 amide bonds. The molecule has 0 heterocycles. The van der Waals surface area contributed by atoms with E-state index in [0.29, 0.717) is 24.3 Å². The van der Waals surface area contributed by atoms with Crippen molar-refractivity contribution in [2.24, 2.45) is 0 Å². The van der Waals surface area contributed by atoms with Crippen LogP contribution >= 0.6 is 0 Å². The van der Waals surface area contributed by atoms with Gasteiger partial charge in [0.2, 0.25) is 5.60 Å². The molecule has 0 aliphatic rings. The number of aliphatic hydroxyl groups is 1. The molecule has 0 aromatic heterocycles. The maximum atomic E-state index is 13.5. The summed E-state index contributed by atoms with van der Waals surface area (Å²) >= 11 is 0. The number of rotatable bonds is 2. The van der Waals surface area contributed by atoms with Crippen molar-refractivity contribution in [2.75, 3.05) is 0 Å². The average Bonchev–Trinajstić information content (AvgIpc) is 2.51. The van der Waals surface area contributed by atoms with Crippen molar-refractivity contribution < 1.29 is 44.6 Å². The second-order valence-electron chi connectivity index (χ2n) is 5.33. The molecule has 10 heteroatoms. The molecule has 142 valence electrons. The van der Waals surface area contributed by atoms with Crippen LogP contribution in [0.25, 0.3) is 0 Å². The lowest BCUT2D eigenvalue weighted by Crippen LogP contribution is -2.44. The number of hydrogen-bond donors (Lipinski definition) is 1. The van der Waals surface area contributed by atoms with Crippen LogP contribution in [0.2, 0.25) is 0 Å². The highest BCUT2D eigenvalue weighted by Gasteiger charge is 2.58. The van der Waals surface area contributed by atoms with E-state index in [1.165, 1.54) is 0 Å². The Labute approximate surface area is 140 Å². The Balaban J connectivity index is 2.73. The van der Waals surface area contributed by atoms with E-state index in [2.05, 4.69) is 0 Å². The number of alkyl halides is 9. The molecule has 0 spiro atoms. The van der Waals surface area contributed by atoms with Gasteiger partial charge in [0, 0.05) is 5.56 Å². The first-order chi connectivity index (χ1) is 11.7. The summed E-state index contributed by atoms with van der Waals surface area (Å²) in [6, 6.07) is 3.54. The first-order valence-corrected chi connectivity index (χ1v) is 6.82. The van der Waals surface area contributed by atoms with Gasteiger partial charge >= 0.3 is 18.5 Å². The van der Waals surface area contributed by atoms with Gasteiger partial charge in [0.15, 0.2) is 0 Å². The monoisotopic (exact) mass is 388 g/mol. The molecule has 2 aromatic carbocycles. The first-order valence-electron chi connectivity index (χ1n) is 6.82. The molecule has 1 N–H and O–H groups in total. The summed E-state index contributed by atoms with van der Waals surface area (Å²) in [5.41, 5.74) is -9.91. The summed E-state index contributed by atoms with van der Waals surface area (Å²) in [6.45, 7) is 0. The van der Waals surface area contributed by atoms with Gasteiger partial charge in [-0.2, -0.15) is 39.5 Å². The van der Waals surface area contributed by atoms with E-state index in [9.17, 15) is 44.6 Å². The Bertz CT molecular complexity index is 772. The third-order valence-corrected chi connectivity index (χ3v) is 3.66. The van der Waals surface area contributed by atoms with Crippen molar-refractivity contribution in [3.05, 3.63) is 70.8 Å². The minimum Gasteiger partial charge on any atom is -0.372 e. The maximum Gasteiger partial charge on any atom is 0.425 e. The highest BCUT2D eigenvalue weighted by Crippen LogP contribution is 2.48. The minimum atomic E-state index is -5.63. The lowest BCUT2D eigenvalue weighted by Gasteiger charge is -2.33. The van der Waals surface area contributed by atoms with E-state index in [1.807, 2.05) is 0 Å². The summed E-state index contributed by atoms with van der Waals surface area (Å²) < 4.78 is 118. The standard InChI is InChI=1S/C16H9F9O/c17-14(18,19)10-7-5-9(6-8-10)13(26,16(23,24)25)11-3-1-2-4-12(11)15(20,21)22/h1-8,26H. The molecule has 0 fully saturated rings. The second-order valence-corrected chi connectivity index (χ2v) is 5.33. The van der Waals surface area contributed by atoms with Crippen LogP contribution in [0.1, 0.15) is 22.3 Å². The summed E-state index contributed by atoms with van der Waals surface area (Å²) in [6.07, 6.45) is -15.7. The molecule has 0 saturated heterocycles. The quantitative estimate of drug-likeness (QED) is 0.672. The van der Waals surface area contributed by atoms with Crippen molar-refractivity contribution in [3.63, 3.8) is 0 Å². The fraction of sp³-hybridized carbons (Fsp3) is 0.250. The zero-order valence-corrected chi connectivity index (χ0v) is 12.5. The Morgan fingerprint density at radius 3 is 1.35 bits per heavy atom. The van der Waals surface area contributed by atoms with Gasteiger partial charge in [0.05, 0.1) is 11.1 Å². The second kappa shape index (κ2) is 6.19. The van der Waals surface area contributed by atoms with E-state index >= 15 is 0 Å². The molecule has 0 saturated carbocycles. The van der Waals surface area contributed by atoms with E-state index in [0.717, 1.165) is 12.1 Å². The topological polar surface area (TPSA) is 20.2 Å². The average molecular weight is 388 g/mol. The largest absolute Gasteiger partial charge is 0.425 e. The molecule has 26 heavy (non-hydrogen) atoms. The van der Waals surface area contributed by atoms with Crippen LogP contribution < -0.4 is 0 Å². The first kappa shape index (κ1) is 20.1. The van der Waals surface area contributed by atoms with E-state index < -0.39 is 46.4 Å². The van der Waals surface area contributed by atoms with Gasteiger partial charge in [-0.15, -0.1) is 0 Å². The molecule has 1 atom stereocenters. The summed E-state index contributed by atoms with van der Waals surface area (Å²) in [4.78, 5) is 0. The van der Waals surface area contributed by atoms with Crippen LogP contribution in [0.3, 0.4) is 0 Å². The van der Waals surface area contributed by atoms with Crippen molar-refractivity contribution in [2.45, 2.75) is 24.1 Å². The highest BCUT2D eigenvalue weighted by molar-refractivity contribution is 5.44. The lowest BCUT2D eigenvalue weighted by molar-refractivity contribution is -0.250. The predicted molar refractivity (Wildman–Crippen MR) is 71.9 cm³/mol. The summed E-state index contributed by atoms with van der Waals surface area (Å²) in [5.74, 6) is 0. The third kappa shape index (κ3) is 3.50. The van der Waals surface area contributed by atoms with Gasteiger partial charge in [-0.25, -0.2) is 0 Å². The van der Waals surface area contributed by atoms with Crippen molar-refractivity contribution in [3.8, 4) is 0 Å². The fourth-order valence-electron chi connectivity index (χ4n) is 2.42. The Hall–Kier alpha value is -2.23. The Kier molecular flexibility index (Phi) is 4.78. The SMILES string of the molecule is OC(c1ccc(C(F)(F)F)cc1)(c1ccccc1C(F)(F)F)C(F)(F)F. The fourth-order valence-corrected chi connectivity index (χ4v) is 2.42. The van der Waals surface area contributed by atoms with E-state index in [4.69, 9.17) is 0 Å². The van der Waals surface area contributed by atoms with E-state index in [-0.39, 0.29) is 12.1 Å². The van der Waals surface area contributed by atoms with Crippen LogP contribution in [0, 0.1) is 0 Å². The van der Waals surface area contributed by atoms with Gasteiger partial charge in [0.1, 0.15) is 0 Å². The molecule has 0 aliphatic heterocycles. The zero-order chi connectivity index (χ0) is 20.0. The lowest BCUT2D eigenvalue weighted by atomic mass is 9.82. The molecule has 2 aromatic rings. The summed E-state index contributed by atoms with van der Waals surface area (Å²) in [7, 11) is 0.